The van der Waals surface area contributed by atoms with Crippen molar-refractivity contribution in [3.05, 3.63) is 11.6 Å². The number of esters is 1. The summed E-state index contributed by atoms with van der Waals surface area (Å²) in [6.45, 7) is 0.709. The van der Waals surface area contributed by atoms with Crippen LogP contribution in [0.25, 0.3) is 0 Å². The Bertz CT molecular complexity index is 354. The minimum atomic E-state index is -3.32. The molecule has 96 valence electrons. The van der Waals surface area contributed by atoms with E-state index in [1.54, 1.807) is 6.92 Å². The fraction of sp³-hybridized carbons (Fsp3) is 0.600. The Kier molecular flexibility index (Phi) is 4.03. The number of rotatable bonds is 2. The molecule has 1 aliphatic heterocycles. The highest BCUT2D eigenvalue weighted by Crippen LogP contribution is 2.32. The zero-order chi connectivity index (χ0) is 13.1. The highest BCUT2D eigenvalue weighted by Gasteiger charge is 2.42. The van der Waals surface area contributed by atoms with Gasteiger partial charge in [-0.3, -0.25) is 0 Å². The van der Waals surface area contributed by atoms with Crippen molar-refractivity contribution in [3.63, 3.8) is 0 Å². The fourth-order valence-electron chi connectivity index (χ4n) is 1.53. The number of likely N-dealkylation sites (tertiary alicyclic amines) is 1. The van der Waals surface area contributed by atoms with Crippen LogP contribution in [0, 0.1) is 0 Å². The lowest BCUT2D eigenvalue weighted by Gasteiger charge is -2.32. The minimum absolute atomic E-state index is 0.0455. The standard InChI is InChI=1S/C10H13F2NO4/c1-2-17-8(14)5-7-3-4-13(9(15)16)6-10(7,11)12/h5H,2-4,6H2,1H3,(H,15,16). The molecule has 17 heavy (non-hydrogen) atoms. The molecule has 1 amide bonds. The molecule has 5 nitrogen and oxygen atoms in total. The molecule has 0 atom stereocenters. The summed E-state index contributed by atoms with van der Waals surface area (Å²) in [5.41, 5.74) is -0.381. The molecule has 1 saturated heterocycles. The SMILES string of the molecule is CCOC(=O)C=C1CCN(C(=O)O)CC1(F)F. The molecule has 1 rings (SSSR count). The molecule has 0 aromatic carbocycles. The highest BCUT2D eigenvalue weighted by molar-refractivity contribution is 5.83. The van der Waals surface area contributed by atoms with Crippen molar-refractivity contribution in [2.24, 2.45) is 0 Å². The van der Waals surface area contributed by atoms with Crippen molar-refractivity contribution < 1.29 is 28.2 Å². The lowest BCUT2D eigenvalue weighted by Crippen LogP contribution is -2.46. The maximum absolute atomic E-state index is 13.5. The van der Waals surface area contributed by atoms with Gasteiger partial charge in [-0.15, -0.1) is 0 Å². The van der Waals surface area contributed by atoms with E-state index < -0.39 is 24.5 Å². The Morgan fingerprint density at radius 2 is 2.24 bits per heavy atom. The third-order valence-electron chi connectivity index (χ3n) is 2.36. The zero-order valence-electron chi connectivity index (χ0n) is 9.28. The molecule has 0 aromatic heterocycles. The second-order valence-electron chi connectivity index (χ2n) is 3.58. The van der Waals surface area contributed by atoms with Gasteiger partial charge in [-0.2, -0.15) is 8.78 Å². The summed E-state index contributed by atoms with van der Waals surface area (Å²) in [6, 6.07) is 0. The quantitative estimate of drug-likeness (QED) is 0.594. The number of carboxylic acid groups (broad SMARTS) is 1. The number of carbonyl (C=O) groups is 2. The average Bonchev–Trinajstić information content (AvgIpc) is 2.20. The van der Waals surface area contributed by atoms with Gasteiger partial charge < -0.3 is 14.7 Å². The molecule has 0 radical (unpaired) electrons. The number of piperidine rings is 1. The van der Waals surface area contributed by atoms with Gasteiger partial charge in [0.05, 0.1) is 13.2 Å². The molecular formula is C10H13F2NO4. The van der Waals surface area contributed by atoms with Crippen LogP contribution in [0.2, 0.25) is 0 Å². The van der Waals surface area contributed by atoms with Gasteiger partial charge in [-0.25, -0.2) is 9.59 Å². The van der Waals surface area contributed by atoms with Crippen LogP contribution < -0.4 is 0 Å². The predicted molar refractivity (Wildman–Crippen MR) is 53.9 cm³/mol. The van der Waals surface area contributed by atoms with Crippen LogP contribution in [0.1, 0.15) is 13.3 Å². The lowest BCUT2D eigenvalue weighted by molar-refractivity contribution is -0.137. The molecule has 0 unspecified atom stereocenters. The van der Waals surface area contributed by atoms with Crippen LogP contribution in [0.4, 0.5) is 13.6 Å². The van der Waals surface area contributed by atoms with Gasteiger partial charge in [-0.1, -0.05) is 0 Å². The summed E-state index contributed by atoms with van der Waals surface area (Å²) in [5, 5.41) is 8.60. The third kappa shape index (κ3) is 3.40. The topological polar surface area (TPSA) is 66.8 Å². The van der Waals surface area contributed by atoms with Crippen LogP contribution in [-0.2, 0) is 9.53 Å². The van der Waals surface area contributed by atoms with E-state index in [0.717, 1.165) is 6.08 Å². The number of hydrogen-bond donors (Lipinski definition) is 1. The van der Waals surface area contributed by atoms with Gasteiger partial charge in [0.15, 0.2) is 0 Å². The van der Waals surface area contributed by atoms with E-state index in [1.807, 2.05) is 0 Å². The first kappa shape index (κ1) is 13.4. The molecule has 1 heterocycles. The molecule has 0 bridgehead atoms. The summed E-state index contributed by atoms with van der Waals surface area (Å²) in [5.74, 6) is -4.14. The van der Waals surface area contributed by atoms with Crippen LogP contribution in [0.15, 0.2) is 11.6 Å². The van der Waals surface area contributed by atoms with Crippen molar-refractivity contribution in [3.8, 4) is 0 Å². The summed E-state index contributed by atoms with van der Waals surface area (Å²) >= 11 is 0. The van der Waals surface area contributed by atoms with Gasteiger partial charge in [0, 0.05) is 18.2 Å². The summed E-state index contributed by atoms with van der Waals surface area (Å²) in [4.78, 5) is 22.2. The van der Waals surface area contributed by atoms with Gasteiger partial charge in [0.2, 0.25) is 0 Å². The lowest BCUT2D eigenvalue weighted by atomic mass is 10.00. The molecule has 1 fully saturated rings. The van der Waals surface area contributed by atoms with E-state index in [-0.39, 0.29) is 25.1 Å². The first-order valence-corrected chi connectivity index (χ1v) is 5.10. The van der Waals surface area contributed by atoms with E-state index in [9.17, 15) is 18.4 Å². The molecule has 1 aliphatic rings. The zero-order valence-corrected chi connectivity index (χ0v) is 9.28. The van der Waals surface area contributed by atoms with E-state index in [4.69, 9.17) is 5.11 Å². The fourth-order valence-corrected chi connectivity index (χ4v) is 1.53. The Balaban J connectivity index is 2.77. The van der Waals surface area contributed by atoms with E-state index in [1.165, 1.54) is 0 Å². The van der Waals surface area contributed by atoms with Crippen molar-refractivity contribution in [1.82, 2.24) is 4.90 Å². The van der Waals surface area contributed by atoms with Crippen molar-refractivity contribution in [2.45, 2.75) is 19.3 Å². The van der Waals surface area contributed by atoms with E-state index >= 15 is 0 Å². The van der Waals surface area contributed by atoms with Crippen LogP contribution in [-0.4, -0.2) is 47.7 Å². The number of carbonyl (C=O) groups excluding carboxylic acids is 1. The second kappa shape index (κ2) is 5.11. The van der Waals surface area contributed by atoms with Gasteiger partial charge >= 0.3 is 12.1 Å². The average molecular weight is 249 g/mol. The Hall–Kier alpha value is -1.66. The van der Waals surface area contributed by atoms with Crippen LogP contribution in [0.5, 0.6) is 0 Å². The Labute approximate surface area is 96.7 Å². The van der Waals surface area contributed by atoms with Crippen LogP contribution >= 0.6 is 0 Å². The largest absolute Gasteiger partial charge is 0.465 e. The number of alkyl halides is 2. The summed E-state index contributed by atoms with van der Waals surface area (Å²) < 4.78 is 31.5. The van der Waals surface area contributed by atoms with Gasteiger partial charge in [0.1, 0.15) is 0 Å². The maximum Gasteiger partial charge on any atom is 0.407 e. The molecule has 0 aliphatic carbocycles. The maximum atomic E-state index is 13.5. The number of nitrogens with zero attached hydrogens (tertiary/aromatic N) is 1. The molecule has 7 heteroatoms. The van der Waals surface area contributed by atoms with E-state index in [2.05, 4.69) is 4.74 Å². The van der Waals surface area contributed by atoms with Crippen molar-refractivity contribution in [2.75, 3.05) is 19.7 Å². The van der Waals surface area contributed by atoms with Crippen LogP contribution in [0.3, 0.4) is 0 Å². The molecule has 0 saturated carbocycles. The summed E-state index contributed by atoms with van der Waals surface area (Å²) in [6.07, 6.45) is -0.805. The number of hydrogen-bond acceptors (Lipinski definition) is 3. The molecular weight excluding hydrogens is 236 g/mol. The first-order chi connectivity index (χ1) is 7.86. The highest BCUT2D eigenvalue weighted by atomic mass is 19.3. The first-order valence-electron chi connectivity index (χ1n) is 5.10. The second-order valence-corrected chi connectivity index (χ2v) is 3.58. The summed E-state index contributed by atoms with van der Waals surface area (Å²) in [7, 11) is 0. The van der Waals surface area contributed by atoms with Crippen molar-refractivity contribution in [1.29, 1.82) is 0 Å². The third-order valence-corrected chi connectivity index (χ3v) is 2.36. The van der Waals surface area contributed by atoms with Crippen molar-refractivity contribution >= 4 is 12.1 Å². The van der Waals surface area contributed by atoms with E-state index in [0.29, 0.717) is 4.90 Å². The van der Waals surface area contributed by atoms with Gasteiger partial charge in [0.25, 0.3) is 5.92 Å². The molecule has 0 spiro atoms. The molecule has 1 N–H and O–H groups in total. The Morgan fingerprint density at radius 1 is 1.59 bits per heavy atom. The predicted octanol–water partition coefficient (Wildman–Crippen LogP) is 1.49. The number of ether oxygens (including phenoxy) is 1. The Morgan fingerprint density at radius 3 is 2.71 bits per heavy atom. The monoisotopic (exact) mass is 249 g/mol. The molecule has 0 aromatic rings. The smallest absolute Gasteiger partial charge is 0.407 e. The number of amides is 1. The number of halogens is 2. The van der Waals surface area contributed by atoms with Gasteiger partial charge in [-0.05, 0) is 13.3 Å². The minimum Gasteiger partial charge on any atom is -0.465 e. The normalized spacial score (nSPS) is 21.4.